The summed E-state index contributed by atoms with van der Waals surface area (Å²) in [4.78, 5) is 10.8. The van der Waals surface area contributed by atoms with Crippen LogP contribution < -0.4 is 10.1 Å². The Hall–Kier alpha value is -1.53. The summed E-state index contributed by atoms with van der Waals surface area (Å²) in [5.41, 5.74) is 2.22. The maximum absolute atomic E-state index is 10.8. The van der Waals surface area contributed by atoms with Crippen LogP contribution >= 0.6 is 31.9 Å². The molecule has 0 saturated heterocycles. The summed E-state index contributed by atoms with van der Waals surface area (Å²) in [5.74, 6) is -0.117. The van der Waals surface area contributed by atoms with Gasteiger partial charge in [-0.3, -0.25) is 0 Å². The minimum absolute atomic E-state index is 0.276. The van der Waals surface area contributed by atoms with Crippen molar-refractivity contribution < 1.29 is 14.6 Å². The molecule has 0 fully saturated rings. The molecule has 23 heavy (non-hydrogen) atoms. The second kappa shape index (κ2) is 8.36. The Morgan fingerprint density at radius 1 is 1.17 bits per heavy atom. The van der Waals surface area contributed by atoms with Crippen molar-refractivity contribution in [3.63, 3.8) is 0 Å². The fraction of sp³-hybridized carbons (Fsp3) is 0.235. The Labute approximate surface area is 152 Å². The van der Waals surface area contributed by atoms with Crippen molar-refractivity contribution >= 4 is 43.5 Å². The molecular weight excluding hydrogens is 426 g/mol. The molecular formula is C17H17Br2NO3. The molecule has 0 saturated carbocycles. The number of hydrogen-bond donors (Lipinski definition) is 2. The maximum atomic E-state index is 10.8. The van der Waals surface area contributed by atoms with Crippen LogP contribution in [0.15, 0.2) is 45.3 Å². The van der Waals surface area contributed by atoms with Gasteiger partial charge < -0.3 is 15.2 Å². The van der Waals surface area contributed by atoms with E-state index in [1.807, 2.05) is 12.1 Å². The molecule has 2 rings (SSSR count). The summed E-state index contributed by atoms with van der Waals surface area (Å²) < 4.78 is 7.50. The Morgan fingerprint density at radius 3 is 2.30 bits per heavy atom. The van der Waals surface area contributed by atoms with Crippen molar-refractivity contribution in [2.45, 2.75) is 19.9 Å². The number of carboxylic acids is 1. The molecule has 0 bridgehead atoms. The first-order chi connectivity index (χ1) is 11.0. The van der Waals surface area contributed by atoms with Crippen LogP contribution in [-0.2, 0) is 6.54 Å². The molecule has 0 aliphatic rings. The van der Waals surface area contributed by atoms with Crippen LogP contribution in [0.5, 0.6) is 5.75 Å². The number of benzene rings is 2. The molecule has 0 spiro atoms. The molecule has 0 heterocycles. The van der Waals surface area contributed by atoms with Crippen molar-refractivity contribution in [3.05, 3.63) is 56.5 Å². The number of aromatic carboxylic acids is 1. The number of ether oxygens (including phenoxy) is 1. The molecule has 0 radical (unpaired) electrons. The quantitative estimate of drug-likeness (QED) is 0.609. The van der Waals surface area contributed by atoms with E-state index in [0.717, 1.165) is 32.4 Å². The van der Waals surface area contributed by atoms with E-state index in [4.69, 9.17) is 9.84 Å². The Balaban J connectivity index is 2.04. The van der Waals surface area contributed by atoms with E-state index in [0.29, 0.717) is 13.2 Å². The standard InChI is InChI=1S/C17H17Br2NO3/c1-2-7-23-16-14(18)8-11(9-15(16)19)10-20-13-5-3-12(4-6-13)17(21)22/h3-6,8-9,20H,2,7,10H2,1H3,(H,21,22). The third kappa shape index (κ3) is 4.97. The minimum atomic E-state index is -0.924. The van der Waals surface area contributed by atoms with Crippen LogP contribution in [0.3, 0.4) is 0 Å². The van der Waals surface area contributed by atoms with Gasteiger partial charge in [-0.2, -0.15) is 0 Å². The third-order valence-electron chi connectivity index (χ3n) is 3.14. The van der Waals surface area contributed by atoms with Gasteiger partial charge >= 0.3 is 5.97 Å². The van der Waals surface area contributed by atoms with Gasteiger partial charge in [0, 0.05) is 12.2 Å². The highest BCUT2D eigenvalue weighted by atomic mass is 79.9. The molecule has 122 valence electrons. The van der Waals surface area contributed by atoms with Gasteiger partial charge in [0.15, 0.2) is 0 Å². The SMILES string of the molecule is CCCOc1c(Br)cc(CNc2ccc(C(=O)O)cc2)cc1Br. The van der Waals surface area contributed by atoms with Crippen LogP contribution in [-0.4, -0.2) is 17.7 Å². The van der Waals surface area contributed by atoms with Gasteiger partial charge in [0.05, 0.1) is 21.1 Å². The van der Waals surface area contributed by atoms with Gasteiger partial charge in [-0.15, -0.1) is 0 Å². The number of carboxylic acid groups (broad SMARTS) is 1. The Kier molecular flexibility index (Phi) is 6.47. The lowest BCUT2D eigenvalue weighted by Gasteiger charge is -2.13. The van der Waals surface area contributed by atoms with E-state index < -0.39 is 5.97 Å². The van der Waals surface area contributed by atoms with Crippen LogP contribution in [0, 0.1) is 0 Å². The molecule has 0 aliphatic heterocycles. The van der Waals surface area contributed by atoms with Crippen LogP contribution in [0.1, 0.15) is 29.3 Å². The average Bonchev–Trinajstić information content (AvgIpc) is 2.52. The number of nitrogens with one attached hydrogen (secondary N) is 1. The van der Waals surface area contributed by atoms with Crippen molar-refractivity contribution in [3.8, 4) is 5.75 Å². The van der Waals surface area contributed by atoms with Gasteiger partial charge in [-0.05, 0) is 80.2 Å². The summed E-state index contributed by atoms with van der Waals surface area (Å²) in [6.45, 7) is 3.36. The van der Waals surface area contributed by atoms with E-state index >= 15 is 0 Å². The van der Waals surface area contributed by atoms with Crippen LogP contribution in [0.4, 0.5) is 5.69 Å². The largest absolute Gasteiger partial charge is 0.491 e. The molecule has 6 heteroatoms. The van der Waals surface area contributed by atoms with E-state index in [9.17, 15) is 4.79 Å². The zero-order valence-electron chi connectivity index (χ0n) is 12.6. The molecule has 2 aromatic rings. The van der Waals surface area contributed by atoms with Crippen LogP contribution in [0.25, 0.3) is 0 Å². The highest BCUT2D eigenvalue weighted by Gasteiger charge is 2.09. The molecule has 2 N–H and O–H groups in total. The topological polar surface area (TPSA) is 58.6 Å². The third-order valence-corrected chi connectivity index (χ3v) is 4.32. The number of halogens is 2. The first kappa shape index (κ1) is 17.8. The lowest BCUT2D eigenvalue weighted by Crippen LogP contribution is -2.02. The van der Waals surface area contributed by atoms with Gasteiger partial charge in [-0.1, -0.05) is 6.92 Å². The van der Waals surface area contributed by atoms with E-state index in [-0.39, 0.29) is 5.56 Å². The van der Waals surface area contributed by atoms with E-state index in [2.05, 4.69) is 44.1 Å². The molecule has 2 aromatic carbocycles. The molecule has 0 amide bonds. The lowest BCUT2D eigenvalue weighted by molar-refractivity contribution is 0.0697. The molecule has 0 atom stereocenters. The Bertz CT molecular complexity index is 664. The van der Waals surface area contributed by atoms with Crippen molar-refractivity contribution in [2.24, 2.45) is 0 Å². The second-order valence-electron chi connectivity index (χ2n) is 4.97. The van der Waals surface area contributed by atoms with Gasteiger partial charge in [0.25, 0.3) is 0 Å². The number of anilines is 1. The average molecular weight is 443 g/mol. The lowest BCUT2D eigenvalue weighted by atomic mass is 10.2. The normalized spacial score (nSPS) is 10.4. The Morgan fingerprint density at radius 2 is 1.78 bits per heavy atom. The molecule has 0 aromatic heterocycles. The highest BCUT2D eigenvalue weighted by molar-refractivity contribution is 9.11. The molecule has 4 nitrogen and oxygen atoms in total. The van der Waals surface area contributed by atoms with Crippen molar-refractivity contribution in [2.75, 3.05) is 11.9 Å². The molecule has 0 unspecified atom stereocenters. The zero-order valence-corrected chi connectivity index (χ0v) is 15.8. The van der Waals surface area contributed by atoms with Crippen molar-refractivity contribution in [1.82, 2.24) is 0 Å². The van der Waals surface area contributed by atoms with E-state index in [1.165, 1.54) is 0 Å². The number of rotatable bonds is 7. The minimum Gasteiger partial charge on any atom is -0.491 e. The first-order valence-corrected chi connectivity index (χ1v) is 8.77. The first-order valence-electron chi connectivity index (χ1n) is 7.19. The monoisotopic (exact) mass is 441 g/mol. The number of hydrogen-bond acceptors (Lipinski definition) is 3. The summed E-state index contributed by atoms with van der Waals surface area (Å²) in [5, 5.41) is 12.2. The smallest absolute Gasteiger partial charge is 0.335 e. The summed E-state index contributed by atoms with van der Waals surface area (Å²) in [6.07, 6.45) is 0.953. The summed E-state index contributed by atoms with van der Waals surface area (Å²) >= 11 is 7.06. The maximum Gasteiger partial charge on any atom is 0.335 e. The van der Waals surface area contributed by atoms with E-state index in [1.54, 1.807) is 24.3 Å². The van der Waals surface area contributed by atoms with Gasteiger partial charge in [0.2, 0.25) is 0 Å². The fourth-order valence-electron chi connectivity index (χ4n) is 1.99. The summed E-state index contributed by atoms with van der Waals surface area (Å²) in [7, 11) is 0. The zero-order chi connectivity index (χ0) is 16.8. The van der Waals surface area contributed by atoms with Gasteiger partial charge in [-0.25, -0.2) is 4.79 Å². The number of carbonyl (C=O) groups is 1. The van der Waals surface area contributed by atoms with Crippen molar-refractivity contribution in [1.29, 1.82) is 0 Å². The predicted octanol–water partition coefficient (Wildman–Crippen LogP) is 5.31. The highest BCUT2D eigenvalue weighted by Crippen LogP contribution is 2.35. The fourth-order valence-corrected chi connectivity index (χ4v) is 3.50. The second-order valence-corrected chi connectivity index (χ2v) is 6.68. The van der Waals surface area contributed by atoms with Crippen LogP contribution in [0.2, 0.25) is 0 Å². The predicted molar refractivity (Wildman–Crippen MR) is 98.4 cm³/mol. The van der Waals surface area contributed by atoms with Gasteiger partial charge in [0.1, 0.15) is 5.75 Å². The molecule has 0 aliphatic carbocycles. The summed E-state index contributed by atoms with van der Waals surface area (Å²) in [6, 6.07) is 10.7.